The highest BCUT2D eigenvalue weighted by molar-refractivity contribution is 5.68. The summed E-state index contributed by atoms with van der Waals surface area (Å²) in [6, 6.07) is 0. The molecule has 1 rings (SSSR count). The summed E-state index contributed by atoms with van der Waals surface area (Å²) in [4.78, 5) is 12.9. The van der Waals surface area contributed by atoms with Crippen molar-refractivity contribution < 1.29 is 19.4 Å². The molecule has 0 aromatic carbocycles. The maximum Gasteiger partial charge on any atom is 0.317 e. The van der Waals surface area contributed by atoms with Crippen LogP contribution in [0.3, 0.4) is 0 Å². The van der Waals surface area contributed by atoms with Gasteiger partial charge in [-0.25, -0.2) is 0 Å². The van der Waals surface area contributed by atoms with E-state index >= 15 is 0 Å². The Labute approximate surface area is 121 Å². The van der Waals surface area contributed by atoms with E-state index in [1.807, 2.05) is 0 Å². The monoisotopic (exact) mass is 288 g/mol. The van der Waals surface area contributed by atoms with E-state index in [0.29, 0.717) is 5.92 Å². The lowest BCUT2D eigenvalue weighted by Gasteiger charge is -2.32. The van der Waals surface area contributed by atoms with E-state index in [2.05, 4.69) is 10.2 Å². The van der Waals surface area contributed by atoms with Crippen LogP contribution in [0.15, 0.2) is 0 Å². The number of carboxylic acid groups (broad SMARTS) is 1. The molecule has 118 valence electrons. The molecule has 6 nitrogen and oxygen atoms in total. The Balaban J connectivity index is 2.03. The fourth-order valence-corrected chi connectivity index (χ4v) is 2.51. The van der Waals surface area contributed by atoms with E-state index in [-0.39, 0.29) is 6.54 Å². The average molecular weight is 288 g/mol. The summed E-state index contributed by atoms with van der Waals surface area (Å²) >= 11 is 0. The molecule has 1 atom stereocenters. The summed E-state index contributed by atoms with van der Waals surface area (Å²) < 4.78 is 10.5. The Hall–Kier alpha value is -0.690. The zero-order chi connectivity index (χ0) is 14.6. The third kappa shape index (κ3) is 8.47. The Bertz CT molecular complexity index is 264. The molecule has 0 amide bonds. The summed E-state index contributed by atoms with van der Waals surface area (Å²) in [7, 11) is 1.70. The van der Waals surface area contributed by atoms with Crippen LogP contribution in [-0.4, -0.2) is 75.6 Å². The van der Waals surface area contributed by atoms with Gasteiger partial charge < -0.3 is 24.8 Å². The SMILES string of the molecule is COCCCOCCN1CCCC(CNCC(=O)O)C1. The van der Waals surface area contributed by atoms with Gasteiger partial charge in [0.25, 0.3) is 0 Å². The summed E-state index contributed by atoms with van der Waals surface area (Å²) in [6.45, 7) is 6.23. The molecule has 6 heteroatoms. The number of carboxylic acids is 1. The third-order valence-corrected chi connectivity index (χ3v) is 3.50. The quantitative estimate of drug-likeness (QED) is 0.537. The first-order valence-corrected chi connectivity index (χ1v) is 7.44. The highest BCUT2D eigenvalue weighted by Gasteiger charge is 2.19. The summed E-state index contributed by atoms with van der Waals surface area (Å²) in [5, 5.41) is 11.6. The van der Waals surface area contributed by atoms with Crippen molar-refractivity contribution in [3.8, 4) is 0 Å². The third-order valence-electron chi connectivity index (χ3n) is 3.50. The molecule has 0 saturated carbocycles. The largest absolute Gasteiger partial charge is 0.480 e. The van der Waals surface area contributed by atoms with Crippen molar-refractivity contribution in [2.45, 2.75) is 19.3 Å². The van der Waals surface area contributed by atoms with Crippen molar-refractivity contribution >= 4 is 5.97 Å². The van der Waals surface area contributed by atoms with E-state index in [9.17, 15) is 4.79 Å². The van der Waals surface area contributed by atoms with Gasteiger partial charge in [-0.05, 0) is 38.3 Å². The number of ether oxygens (including phenoxy) is 2. The number of nitrogens with one attached hydrogen (secondary N) is 1. The zero-order valence-corrected chi connectivity index (χ0v) is 12.5. The van der Waals surface area contributed by atoms with Crippen molar-refractivity contribution in [3.63, 3.8) is 0 Å². The highest BCUT2D eigenvalue weighted by atomic mass is 16.5. The lowest BCUT2D eigenvalue weighted by molar-refractivity contribution is -0.136. The number of carbonyl (C=O) groups is 1. The molecule has 1 fully saturated rings. The Morgan fingerprint density at radius 3 is 3.00 bits per heavy atom. The van der Waals surface area contributed by atoms with Crippen molar-refractivity contribution in [2.75, 3.05) is 59.7 Å². The van der Waals surface area contributed by atoms with E-state index < -0.39 is 5.97 Å². The molecule has 0 spiro atoms. The fraction of sp³-hybridized carbons (Fsp3) is 0.929. The van der Waals surface area contributed by atoms with Crippen molar-refractivity contribution in [1.29, 1.82) is 0 Å². The molecule has 0 bridgehead atoms. The molecule has 0 aliphatic carbocycles. The number of rotatable bonds is 11. The topological polar surface area (TPSA) is 71.0 Å². The second kappa shape index (κ2) is 11.0. The van der Waals surface area contributed by atoms with Crippen molar-refractivity contribution in [1.82, 2.24) is 10.2 Å². The molecule has 0 aromatic rings. The van der Waals surface area contributed by atoms with E-state index in [1.54, 1.807) is 7.11 Å². The zero-order valence-electron chi connectivity index (χ0n) is 12.5. The standard InChI is InChI=1S/C14H28N2O4/c1-19-7-3-8-20-9-6-16-5-2-4-13(12-16)10-15-11-14(17)18/h13,15H,2-12H2,1H3,(H,17,18). The Kier molecular flexibility index (Phi) is 9.57. The Morgan fingerprint density at radius 1 is 1.40 bits per heavy atom. The van der Waals surface area contributed by atoms with Crippen LogP contribution in [0.2, 0.25) is 0 Å². The normalized spacial score (nSPS) is 20.1. The molecule has 0 aromatic heterocycles. The molecular weight excluding hydrogens is 260 g/mol. The average Bonchev–Trinajstić information content (AvgIpc) is 2.43. The maximum absolute atomic E-state index is 10.5. The molecule has 1 heterocycles. The first kappa shape index (κ1) is 17.4. The summed E-state index contributed by atoms with van der Waals surface area (Å²) in [6.07, 6.45) is 3.30. The Morgan fingerprint density at radius 2 is 2.25 bits per heavy atom. The second-order valence-corrected chi connectivity index (χ2v) is 5.29. The van der Waals surface area contributed by atoms with Crippen LogP contribution in [0.25, 0.3) is 0 Å². The van der Waals surface area contributed by atoms with Gasteiger partial charge >= 0.3 is 5.97 Å². The number of hydrogen-bond donors (Lipinski definition) is 2. The predicted molar refractivity (Wildman–Crippen MR) is 77.0 cm³/mol. The lowest BCUT2D eigenvalue weighted by atomic mass is 9.98. The molecule has 1 unspecified atom stereocenters. The molecule has 2 N–H and O–H groups in total. The fourth-order valence-electron chi connectivity index (χ4n) is 2.51. The predicted octanol–water partition coefficient (Wildman–Crippen LogP) is 0.426. The lowest BCUT2D eigenvalue weighted by Crippen LogP contribution is -2.41. The molecule has 0 radical (unpaired) electrons. The van der Waals surface area contributed by atoms with Gasteiger partial charge in [0.15, 0.2) is 0 Å². The van der Waals surface area contributed by atoms with E-state index in [4.69, 9.17) is 14.6 Å². The van der Waals surface area contributed by atoms with Gasteiger partial charge in [-0.15, -0.1) is 0 Å². The number of methoxy groups -OCH3 is 1. The van der Waals surface area contributed by atoms with Crippen molar-refractivity contribution in [2.24, 2.45) is 5.92 Å². The van der Waals surface area contributed by atoms with Crippen LogP contribution >= 0.6 is 0 Å². The number of hydrogen-bond acceptors (Lipinski definition) is 5. The minimum absolute atomic E-state index is 0.0547. The van der Waals surface area contributed by atoms with E-state index in [1.165, 1.54) is 12.8 Å². The van der Waals surface area contributed by atoms with Gasteiger partial charge in [-0.2, -0.15) is 0 Å². The minimum Gasteiger partial charge on any atom is -0.480 e. The van der Waals surface area contributed by atoms with Crippen LogP contribution in [0.1, 0.15) is 19.3 Å². The number of aliphatic carboxylic acids is 1. The first-order valence-electron chi connectivity index (χ1n) is 7.44. The molecular formula is C14H28N2O4. The molecule has 1 aliphatic heterocycles. The molecule has 20 heavy (non-hydrogen) atoms. The van der Waals surface area contributed by atoms with Crippen LogP contribution in [0.5, 0.6) is 0 Å². The molecule has 1 aliphatic rings. The van der Waals surface area contributed by atoms with Crippen molar-refractivity contribution in [3.05, 3.63) is 0 Å². The van der Waals surface area contributed by atoms with Gasteiger partial charge in [0, 0.05) is 33.4 Å². The van der Waals surface area contributed by atoms with Crippen LogP contribution in [0.4, 0.5) is 0 Å². The van der Waals surface area contributed by atoms with Crippen LogP contribution in [-0.2, 0) is 14.3 Å². The van der Waals surface area contributed by atoms with Crippen LogP contribution < -0.4 is 5.32 Å². The number of piperidine rings is 1. The minimum atomic E-state index is -0.790. The smallest absolute Gasteiger partial charge is 0.317 e. The summed E-state index contributed by atoms with van der Waals surface area (Å²) in [5.74, 6) is -0.237. The van der Waals surface area contributed by atoms with Gasteiger partial charge in [-0.1, -0.05) is 0 Å². The van der Waals surface area contributed by atoms with Gasteiger partial charge in [0.05, 0.1) is 13.2 Å². The summed E-state index contributed by atoms with van der Waals surface area (Å²) in [5.41, 5.74) is 0. The van der Waals surface area contributed by atoms with Gasteiger partial charge in [0.1, 0.15) is 0 Å². The van der Waals surface area contributed by atoms with Crippen LogP contribution in [0, 0.1) is 5.92 Å². The maximum atomic E-state index is 10.5. The molecule has 1 saturated heterocycles. The van der Waals surface area contributed by atoms with Gasteiger partial charge in [0.2, 0.25) is 0 Å². The number of nitrogens with zero attached hydrogens (tertiary/aromatic N) is 1. The first-order chi connectivity index (χ1) is 9.72. The highest BCUT2D eigenvalue weighted by Crippen LogP contribution is 2.15. The number of likely N-dealkylation sites (tertiary alicyclic amines) is 1. The van der Waals surface area contributed by atoms with Gasteiger partial charge in [-0.3, -0.25) is 4.79 Å². The van der Waals surface area contributed by atoms with E-state index in [0.717, 1.165) is 52.4 Å². The second-order valence-electron chi connectivity index (χ2n) is 5.29.